The zero-order chi connectivity index (χ0) is 24.4. The molecule has 3 aromatic rings. The molecule has 1 saturated heterocycles. The van der Waals surface area contributed by atoms with E-state index in [1.54, 1.807) is 29.2 Å². The number of benzene rings is 2. The lowest BCUT2D eigenvalue weighted by molar-refractivity contribution is -0.121. The molecule has 0 aliphatic carbocycles. The molecule has 2 aliphatic heterocycles. The number of aromatic nitrogens is 2. The van der Waals surface area contributed by atoms with Gasteiger partial charge in [-0.1, -0.05) is 17.4 Å². The standard InChI is InChI=1S/C23H20FN5O5S/c24-14-2-1-3-15(10-14)25-19(30)13-6-8-29(9-7-13)23(32)22-28-27-21(35-22)20(31)26-16-4-5-17-18(11-16)34-12-33-17/h1-5,10-11,13H,6-9,12H2,(H,25,30)(H,26,31). The summed E-state index contributed by atoms with van der Waals surface area (Å²) >= 11 is 0.901. The molecule has 0 unspecified atom stereocenters. The summed E-state index contributed by atoms with van der Waals surface area (Å²) in [7, 11) is 0. The molecule has 0 bridgehead atoms. The van der Waals surface area contributed by atoms with E-state index >= 15 is 0 Å². The Morgan fingerprint density at radius 2 is 1.69 bits per heavy atom. The van der Waals surface area contributed by atoms with Crippen molar-refractivity contribution in [3.05, 3.63) is 58.3 Å². The number of amides is 3. The summed E-state index contributed by atoms with van der Waals surface area (Å²) in [5.74, 6) is -0.627. The van der Waals surface area contributed by atoms with Gasteiger partial charge in [0, 0.05) is 36.4 Å². The number of likely N-dealkylation sites (tertiary alicyclic amines) is 1. The van der Waals surface area contributed by atoms with Gasteiger partial charge in [-0.3, -0.25) is 14.4 Å². The summed E-state index contributed by atoms with van der Waals surface area (Å²) in [5.41, 5.74) is 0.898. The molecule has 5 rings (SSSR count). The van der Waals surface area contributed by atoms with Gasteiger partial charge >= 0.3 is 0 Å². The molecule has 2 aromatic carbocycles. The zero-order valence-corrected chi connectivity index (χ0v) is 19.1. The maximum absolute atomic E-state index is 13.3. The van der Waals surface area contributed by atoms with Crippen LogP contribution in [-0.4, -0.2) is 52.7 Å². The van der Waals surface area contributed by atoms with Crippen molar-refractivity contribution in [1.29, 1.82) is 0 Å². The van der Waals surface area contributed by atoms with Gasteiger partial charge in [-0.05, 0) is 43.2 Å². The maximum atomic E-state index is 13.3. The first-order valence-electron chi connectivity index (χ1n) is 10.9. The number of nitrogens with zero attached hydrogens (tertiary/aromatic N) is 3. The highest BCUT2D eigenvalue weighted by Gasteiger charge is 2.30. The van der Waals surface area contributed by atoms with E-state index in [4.69, 9.17) is 9.47 Å². The van der Waals surface area contributed by atoms with Crippen molar-refractivity contribution in [3.63, 3.8) is 0 Å². The molecule has 0 spiro atoms. The summed E-state index contributed by atoms with van der Waals surface area (Å²) in [6.45, 7) is 0.848. The molecular weight excluding hydrogens is 477 g/mol. The number of carbonyl (C=O) groups is 3. The number of anilines is 2. The van der Waals surface area contributed by atoms with Gasteiger partial charge in [-0.15, -0.1) is 10.2 Å². The number of hydrogen-bond acceptors (Lipinski definition) is 8. The summed E-state index contributed by atoms with van der Waals surface area (Å²) < 4.78 is 23.9. The van der Waals surface area contributed by atoms with Crippen molar-refractivity contribution < 1.29 is 28.2 Å². The average molecular weight is 498 g/mol. The van der Waals surface area contributed by atoms with Crippen LogP contribution in [-0.2, 0) is 4.79 Å². The van der Waals surface area contributed by atoms with Crippen molar-refractivity contribution >= 4 is 40.4 Å². The second-order valence-electron chi connectivity index (χ2n) is 8.00. The molecule has 1 aromatic heterocycles. The molecule has 2 N–H and O–H groups in total. The SMILES string of the molecule is O=C(Nc1ccc2c(c1)OCO2)c1nnc(C(=O)N2CCC(C(=O)Nc3cccc(F)c3)CC2)s1. The van der Waals surface area contributed by atoms with Crippen LogP contribution in [0.25, 0.3) is 0 Å². The van der Waals surface area contributed by atoms with Crippen LogP contribution in [0.1, 0.15) is 32.4 Å². The molecule has 3 amide bonds. The van der Waals surface area contributed by atoms with Crippen molar-refractivity contribution in [2.75, 3.05) is 30.5 Å². The van der Waals surface area contributed by atoms with Gasteiger partial charge in [-0.2, -0.15) is 0 Å². The summed E-state index contributed by atoms with van der Waals surface area (Å²) in [4.78, 5) is 39.5. The van der Waals surface area contributed by atoms with E-state index in [1.165, 1.54) is 18.2 Å². The van der Waals surface area contributed by atoms with Crippen molar-refractivity contribution in [2.24, 2.45) is 5.92 Å². The van der Waals surface area contributed by atoms with E-state index in [9.17, 15) is 18.8 Å². The normalized spacial score (nSPS) is 15.1. The lowest BCUT2D eigenvalue weighted by atomic mass is 9.95. The van der Waals surface area contributed by atoms with E-state index in [0.29, 0.717) is 48.8 Å². The number of halogens is 1. The van der Waals surface area contributed by atoms with E-state index in [1.807, 2.05) is 0 Å². The van der Waals surface area contributed by atoms with E-state index in [0.717, 1.165) is 11.3 Å². The van der Waals surface area contributed by atoms with Crippen LogP contribution in [0.5, 0.6) is 11.5 Å². The minimum absolute atomic E-state index is 0.0513. The Morgan fingerprint density at radius 1 is 0.943 bits per heavy atom. The number of hydrogen-bond donors (Lipinski definition) is 2. The Kier molecular flexibility index (Phi) is 6.27. The topological polar surface area (TPSA) is 123 Å². The third-order valence-corrected chi connectivity index (χ3v) is 6.59. The molecule has 180 valence electrons. The lowest BCUT2D eigenvalue weighted by Gasteiger charge is -2.30. The first kappa shape index (κ1) is 22.7. The second kappa shape index (κ2) is 9.66. The largest absolute Gasteiger partial charge is 0.454 e. The quantitative estimate of drug-likeness (QED) is 0.555. The highest BCUT2D eigenvalue weighted by molar-refractivity contribution is 7.15. The van der Waals surface area contributed by atoms with Gasteiger partial charge < -0.3 is 25.0 Å². The number of rotatable bonds is 5. The van der Waals surface area contributed by atoms with Gasteiger partial charge in [0.05, 0.1) is 0 Å². The summed E-state index contributed by atoms with van der Waals surface area (Å²) in [6.07, 6.45) is 0.923. The lowest BCUT2D eigenvalue weighted by Crippen LogP contribution is -2.41. The number of ether oxygens (including phenoxy) is 2. The molecule has 0 atom stereocenters. The summed E-state index contributed by atoms with van der Waals surface area (Å²) in [6, 6.07) is 10.7. The van der Waals surface area contributed by atoms with Gasteiger partial charge in [0.25, 0.3) is 11.8 Å². The highest BCUT2D eigenvalue weighted by Crippen LogP contribution is 2.34. The molecule has 10 nitrogen and oxygen atoms in total. The molecule has 0 saturated carbocycles. The van der Waals surface area contributed by atoms with Gasteiger partial charge in [0.2, 0.25) is 22.7 Å². The molecule has 2 aliphatic rings. The van der Waals surface area contributed by atoms with Crippen LogP contribution in [0.3, 0.4) is 0 Å². The van der Waals surface area contributed by atoms with Crippen LogP contribution in [0, 0.1) is 11.7 Å². The van der Waals surface area contributed by atoms with Crippen LogP contribution in [0.15, 0.2) is 42.5 Å². The molecule has 12 heteroatoms. The van der Waals surface area contributed by atoms with E-state index in [2.05, 4.69) is 20.8 Å². The predicted molar refractivity (Wildman–Crippen MR) is 124 cm³/mol. The zero-order valence-electron chi connectivity index (χ0n) is 18.3. The number of carbonyl (C=O) groups excluding carboxylic acids is 3. The minimum atomic E-state index is -0.492. The van der Waals surface area contributed by atoms with Crippen LogP contribution >= 0.6 is 11.3 Å². The Hall–Kier alpha value is -4.06. The number of nitrogens with one attached hydrogen (secondary N) is 2. The molecule has 0 radical (unpaired) electrons. The molecule has 3 heterocycles. The fourth-order valence-electron chi connectivity index (χ4n) is 3.85. The first-order valence-corrected chi connectivity index (χ1v) is 11.7. The van der Waals surface area contributed by atoms with Gasteiger partial charge in [0.1, 0.15) is 5.82 Å². The van der Waals surface area contributed by atoms with Gasteiger partial charge in [-0.25, -0.2) is 4.39 Å². The predicted octanol–water partition coefficient (Wildman–Crippen LogP) is 3.15. The average Bonchev–Trinajstić information content (AvgIpc) is 3.53. The monoisotopic (exact) mass is 497 g/mol. The fraction of sp³-hybridized carbons (Fsp3) is 0.261. The molecular formula is C23H20FN5O5S. The van der Waals surface area contributed by atoms with Crippen molar-refractivity contribution in [1.82, 2.24) is 15.1 Å². The fourth-order valence-corrected chi connectivity index (χ4v) is 4.56. The van der Waals surface area contributed by atoms with Crippen LogP contribution < -0.4 is 20.1 Å². The minimum Gasteiger partial charge on any atom is -0.454 e. The van der Waals surface area contributed by atoms with E-state index < -0.39 is 11.7 Å². The third-order valence-electron chi connectivity index (χ3n) is 5.68. The maximum Gasteiger partial charge on any atom is 0.286 e. The molecule has 35 heavy (non-hydrogen) atoms. The molecule has 1 fully saturated rings. The van der Waals surface area contributed by atoms with E-state index in [-0.39, 0.29) is 34.5 Å². The van der Waals surface area contributed by atoms with Crippen LogP contribution in [0.2, 0.25) is 0 Å². The van der Waals surface area contributed by atoms with Crippen molar-refractivity contribution in [3.8, 4) is 11.5 Å². The third kappa shape index (κ3) is 5.06. The van der Waals surface area contributed by atoms with Crippen LogP contribution in [0.4, 0.5) is 15.8 Å². The number of piperidine rings is 1. The Balaban J connectivity index is 1.15. The Bertz CT molecular complexity index is 1290. The Morgan fingerprint density at radius 3 is 2.49 bits per heavy atom. The highest BCUT2D eigenvalue weighted by atomic mass is 32.1. The summed E-state index contributed by atoms with van der Waals surface area (Å²) in [5, 5.41) is 13.3. The second-order valence-corrected chi connectivity index (χ2v) is 8.98. The number of fused-ring (bicyclic) bond motifs is 1. The van der Waals surface area contributed by atoms with Crippen molar-refractivity contribution in [2.45, 2.75) is 12.8 Å². The smallest absolute Gasteiger partial charge is 0.286 e. The Labute approximate surface area is 203 Å². The first-order chi connectivity index (χ1) is 17.0. The van der Waals surface area contributed by atoms with Gasteiger partial charge in [0.15, 0.2) is 11.5 Å².